The number of fused-ring (bicyclic) bond motifs is 1. The van der Waals surface area contributed by atoms with Crippen LogP contribution in [0.3, 0.4) is 0 Å². The lowest BCUT2D eigenvalue weighted by Gasteiger charge is -2.11. The first-order chi connectivity index (χ1) is 11.5. The smallest absolute Gasteiger partial charge is 0.257 e. The highest BCUT2D eigenvalue weighted by molar-refractivity contribution is 5.83. The molecule has 0 aliphatic carbocycles. The second-order valence-electron chi connectivity index (χ2n) is 5.44. The minimum Gasteiger partial charge on any atom is -0.486 e. The van der Waals surface area contributed by atoms with Gasteiger partial charge >= 0.3 is 0 Å². The monoisotopic (exact) mass is 334 g/mol. The van der Waals surface area contributed by atoms with Gasteiger partial charge in [-0.05, 0) is 24.6 Å². The van der Waals surface area contributed by atoms with Gasteiger partial charge in [0.15, 0.2) is 5.82 Å². The highest BCUT2D eigenvalue weighted by Crippen LogP contribution is 2.22. The maximum Gasteiger partial charge on any atom is 0.257 e. The molecule has 126 valence electrons. The number of hydrogen-bond acceptors (Lipinski definition) is 4. The number of aromatic nitrogens is 4. The van der Waals surface area contributed by atoms with Gasteiger partial charge in [0, 0.05) is 24.6 Å². The number of pyridine rings is 1. The van der Waals surface area contributed by atoms with E-state index in [0.717, 1.165) is 21.1 Å². The Morgan fingerprint density at radius 1 is 1.29 bits per heavy atom. The zero-order valence-corrected chi connectivity index (χ0v) is 13.2. The molecule has 0 bridgehead atoms. The minimum atomic E-state index is -2.51. The number of hydrogen-bond donors (Lipinski definition) is 0. The van der Waals surface area contributed by atoms with E-state index in [2.05, 4.69) is 10.1 Å². The third-order valence-electron chi connectivity index (χ3n) is 3.80. The van der Waals surface area contributed by atoms with E-state index < -0.39 is 13.0 Å². The Balaban J connectivity index is 1.85. The molecule has 1 aromatic carbocycles. The average Bonchev–Trinajstić information content (AvgIpc) is 2.97. The van der Waals surface area contributed by atoms with E-state index in [0.29, 0.717) is 11.6 Å². The highest BCUT2D eigenvalue weighted by atomic mass is 19.3. The fourth-order valence-electron chi connectivity index (χ4n) is 2.52. The fraction of sp³-hybridized carbons (Fsp3) is 0.312. The quantitative estimate of drug-likeness (QED) is 0.718. The number of halogens is 2. The summed E-state index contributed by atoms with van der Waals surface area (Å²) in [6, 6.07) is 6.96. The highest BCUT2D eigenvalue weighted by Gasteiger charge is 2.11. The van der Waals surface area contributed by atoms with Crippen molar-refractivity contribution in [2.24, 2.45) is 7.05 Å². The van der Waals surface area contributed by atoms with Gasteiger partial charge < -0.3 is 9.30 Å². The Labute approximate surface area is 136 Å². The lowest BCUT2D eigenvalue weighted by molar-refractivity contribution is 0.118. The molecule has 0 saturated heterocycles. The molecule has 0 amide bonds. The standard InChI is InChI=1S/C16H16F2N4O2/c1-10-5-16(23)21(2)13-6-11(3-4-12(10)13)24-8-15-19-9-20-22(15)7-14(17)18/h3-6,9,14H,7-8H2,1-2H3. The van der Waals surface area contributed by atoms with Gasteiger partial charge in [-0.3, -0.25) is 4.79 Å². The summed E-state index contributed by atoms with van der Waals surface area (Å²) in [4.78, 5) is 15.8. The van der Waals surface area contributed by atoms with Crippen LogP contribution in [-0.4, -0.2) is 25.8 Å². The van der Waals surface area contributed by atoms with E-state index in [1.54, 1.807) is 25.2 Å². The number of aryl methyl sites for hydroxylation is 2. The van der Waals surface area contributed by atoms with Crippen molar-refractivity contribution in [3.05, 3.63) is 52.3 Å². The Morgan fingerprint density at radius 3 is 2.83 bits per heavy atom. The van der Waals surface area contributed by atoms with Crippen LogP contribution in [0.1, 0.15) is 11.4 Å². The van der Waals surface area contributed by atoms with Crippen LogP contribution >= 0.6 is 0 Å². The molecule has 0 saturated carbocycles. The SMILES string of the molecule is Cc1cc(=O)n(C)c2cc(OCc3ncnn3CC(F)F)ccc12. The summed E-state index contributed by atoms with van der Waals surface area (Å²) < 4.78 is 33.2. The molecule has 8 heteroatoms. The van der Waals surface area contributed by atoms with Gasteiger partial charge in [-0.15, -0.1) is 0 Å². The minimum absolute atomic E-state index is 0.0119. The van der Waals surface area contributed by atoms with E-state index in [4.69, 9.17) is 4.74 Å². The normalized spacial score (nSPS) is 11.4. The second-order valence-corrected chi connectivity index (χ2v) is 5.44. The van der Waals surface area contributed by atoms with Gasteiger partial charge in [0.2, 0.25) is 0 Å². The molecule has 0 atom stereocenters. The Bertz CT molecular complexity index is 933. The zero-order valence-electron chi connectivity index (χ0n) is 13.2. The van der Waals surface area contributed by atoms with Crippen molar-refractivity contribution < 1.29 is 13.5 Å². The summed E-state index contributed by atoms with van der Waals surface area (Å²) in [5.41, 5.74) is 1.52. The molecule has 3 aromatic rings. The van der Waals surface area contributed by atoms with Crippen LogP contribution in [0.25, 0.3) is 10.9 Å². The predicted molar refractivity (Wildman–Crippen MR) is 84.3 cm³/mol. The average molecular weight is 334 g/mol. The third kappa shape index (κ3) is 3.12. The molecule has 0 unspecified atom stereocenters. The van der Waals surface area contributed by atoms with Gasteiger partial charge in [0.1, 0.15) is 25.2 Å². The number of benzene rings is 1. The first-order valence-corrected chi connectivity index (χ1v) is 7.33. The van der Waals surface area contributed by atoms with Crippen LogP contribution < -0.4 is 10.3 Å². The third-order valence-corrected chi connectivity index (χ3v) is 3.80. The molecule has 6 nitrogen and oxygen atoms in total. The van der Waals surface area contributed by atoms with Crippen molar-refractivity contribution in [1.82, 2.24) is 19.3 Å². The molecule has 0 radical (unpaired) electrons. The molecular formula is C16H16F2N4O2. The van der Waals surface area contributed by atoms with E-state index in [-0.39, 0.29) is 12.2 Å². The van der Waals surface area contributed by atoms with Crippen LogP contribution in [0.4, 0.5) is 8.78 Å². The molecule has 3 rings (SSSR count). The molecule has 0 N–H and O–H groups in total. The first-order valence-electron chi connectivity index (χ1n) is 7.33. The molecule has 0 spiro atoms. The molecule has 0 aliphatic rings. The fourth-order valence-corrected chi connectivity index (χ4v) is 2.52. The maximum atomic E-state index is 12.5. The van der Waals surface area contributed by atoms with Gasteiger partial charge in [0.05, 0.1) is 5.52 Å². The lowest BCUT2D eigenvalue weighted by Crippen LogP contribution is -2.16. The van der Waals surface area contributed by atoms with Gasteiger partial charge in [-0.2, -0.15) is 5.10 Å². The summed E-state index contributed by atoms with van der Waals surface area (Å²) in [5, 5.41) is 4.71. The predicted octanol–water partition coefficient (Wildman–Crippen LogP) is 2.28. The van der Waals surface area contributed by atoms with Crippen molar-refractivity contribution in [2.45, 2.75) is 26.5 Å². The number of rotatable bonds is 5. The molecule has 24 heavy (non-hydrogen) atoms. The van der Waals surface area contributed by atoms with Crippen molar-refractivity contribution in [3.8, 4) is 5.75 Å². The molecular weight excluding hydrogens is 318 g/mol. The second kappa shape index (κ2) is 6.38. The van der Waals surface area contributed by atoms with Crippen LogP contribution in [0.15, 0.2) is 35.4 Å². The summed E-state index contributed by atoms with van der Waals surface area (Å²) >= 11 is 0. The summed E-state index contributed by atoms with van der Waals surface area (Å²) in [7, 11) is 1.69. The first kappa shape index (κ1) is 16.1. The zero-order chi connectivity index (χ0) is 17.3. The van der Waals surface area contributed by atoms with Crippen molar-refractivity contribution in [2.75, 3.05) is 0 Å². The van der Waals surface area contributed by atoms with Crippen molar-refractivity contribution in [1.29, 1.82) is 0 Å². The molecule has 0 fully saturated rings. The molecule has 2 aromatic heterocycles. The maximum absolute atomic E-state index is 12.5. The van der Waals surface area contributed by atoms with Crippen LogP contribution in [0.2, 0.25) is 0 Å². The van der Waals surface area contributed by atoms with Crippen molar-refractivity contribution in [3.63, 3.8) is 0 Å². The Morgan fingerprint density at radius 2 is 2.08 bits per heavy atom. The molecule has 0 aliphatic heterocycles. The number of nitrogens with zero attached hydrogens (tertiary/aromatic N) is 4. The van der Waals surface area contributed by atoms with E-state index in [1.807, 2.05) is 13.0 Å². The van der Waals surface area contributed by atoms with Crippen LogP contribution in [0, 0.1) is 6.92 Å². The number of ether oxygens (including phenoxy) is 1. The Kier molecular flexibility index (Phi) is 4.28. The topological polar surface area (TPSA) is 61.9 Å². The van der Waals surface area contributed by atoms with Gasteiger partial charge in [0.25, 0.3) is 12.0 Å². The van der Waals surface area contributed by atoms with E-state index >= 15 is 0 Å². The summed E-state index contributed by atoms with van der Waals surface area (Å²) in [5.74, 6) is 0.836. The molecule has 2 heterocycles. The van der Waals surface area contributed by atoms with E-state index in [9.17, 15) is 13.6 Å². The summed E-state index contributed by atoms with van der Waals surface area (Å²) in [6.45, 7) is 1.36. The largest absolute Gasteiger partial charge is 0.486 e. The Hall–Kier alpha value is -2.77. The van der Waals surface area contributed by atoms with Gasteiger partial charge in [-0.1, -0.05) is 0 Å². The van der Waals surface area contributed by atoms with E-state index in [1.165, 1.54) is 10.9 Å². The lowest BCUT2D eigenvalue weighted by atomic mass is 10.1. The van der Waals surface area contributed by atoms with Gasteiger partial charge in [-0.25, -0.2) is 18.4 Å². The number of alkyl halides is 2. The summed E-state index contributed by atoms with van der Waals surface area (Å²) in [6.07, 6.45) is -1.29. The van der Waals surface area contributed by atoms with Crippen molar-refractivity contribution >= 4 is 10.9 Å². The van der Waals surface area contributed by atoms with Crippen LogP contribution in [0.5, 0.6) is 5.75 Å². The van der Waals surface area contributed by atoms with Crippen LogP contribution in [-0.2, 0) is 20.2 Å².